The molecule has 15 heavy (non-hydrogen) atoms. The third-order valence-electron chi connectivity index (χ3n) is 0. The van der Waals surface area contributed by atoms with Crippen LogP contribution >= 0.6 is 0 Å². The molecule has 0 saturated carbocycles. The van der Waals surface area contributed by atoms with Crippen molar-refractivity contribution in [1.29, 1.82) is 31.6 Å². The van der Waals surface area contributed by atoms with Crippen molar-refractivity contribution in [2.75, 3.05) is 0 Å². The molecule has 0 aliphatic heterocycles. The Labute approximate surface area is 122 Å². The first-order valence-electron chi connectivity index (χ1n) is 1.55. The summed E-state index contributed by atoms with van der Waals surface area (Å²) in [5.74, 6) is 0. The zero-order valence-electron chi connectivity index (χ0n) is 7.23. The van der Waals surface area contributed by atoms with E-state index >= 15 is 0 Å². The Bertz CT molecular complexity index is 101. The van der Waals surface area contributed by atoms with Crippen molar-refractivity contribution in [2.24, 2.45) is 0 Å². The van der Waals surface area contributed by atoms with Crippen molar-refractivity contribution >= 4 is 0 Å². The van der Waals surface area contributed by atoms with Gasteiger partial charge >= 0.3 is 0 Å². The molecule has 9 heteroatoms. The third-order valence-corrected chi connectivity index (χ3v) is 0. The monoisotopic (exact) mass is 329 g/mol. The molecule has 0 aromatic rings. The maximum atomic E-state index is 6.50. The van der Waals surface area contributed by atoms with Gasteiger partial charge in [-0.3, -0.25) is 0 Å². The fraction of sp³-hybridized carbons (Fsp3) is 0. The minimum atomic E-state index is 0. The predicted octanol–water partition coefficient (Wildman–Crippen LogP) is 0.831. The molecule has 0 rings (SSSR count). The first-order valence-corrected chi connectivity index (χ1v) is 1.55. The summed E-state index contributed by atoms with van der Waals surface area (Å²) < 4.78 is 0. The van der Waals surface area contributed by atoms with Gasteiger partial charge in [-0.05, 0) is 0 Å². The molecular formula is C6H6Fe2MnN6. The molecule has 0 fully saturated rings. The molecule has 0 bridgehead atoms. The van der Waals surface area contributed by atoms with Crippen LogP contribution in [0.4, 0.5) is 0 Å². The Morgan fingerprint density at radius 1 is 0.333 bits per heavy atom. The van der Waals surface area contributed by atoms with E-state index < -0.39 is 0 Å². The summed E-state index contributed by atoms with van der Waals surface area (Å²) in [6.07, 6.45) is 0. The Hall–Kier alpha value is -1.50. The summed E-state index contributed by atoms with van der Waals surface area (Å²) in [7, 11) is 0. The summed E-state index contributed by atoms with van der Waals surface area (Å²) in [6, 6.07) is 0. The molecule has 0 amide bonds. The van der Waals surface area contributed by atoms with Crippen LogP contribution in [0.5, 0.6) is 0 Å². The van der Waals surface area contributed by atoms with Gasteiger partial charge in [0.25, 0.3) is 0 Å². The largest absolute Gasteiger partial charge is 0.202 e. The molecule has 83 valence electrons. The number of nitriles is 6. The van der Waals surface area contributed by atoms with Gasteiger partial charge in [0.05, 0.1) is 0 Å². The number of nitrogens with zero attached hydrogens (tertiary/aromatic N) is 6. The molecule has 6 nitrogen and oxygen atoms in total. The molecular weight excluding hydrogens is 323 g/mol. The van der Waals surface area contributed by atoms with E-state index in [1.54, 1.807) is 0 Å². The average molecular weight is 329 g/mol. The maximum absolute atomic E-state index is 6.50. The quantitative estimate of drug-likeness (QED) is 0.602. The van der Waals surface area contributed by atoms with Crippen LogP contribution in [0.15, 0.2) is 0 Å². The van der Waals surface area contributed by atoms with Crippen molar-refractivity contribution < 1.29 is 51.2 Å². The van der Waals surface area contributed by atoms with Crippen LogP contribution in [0.3, 0.4) is 0 Å². The Morgan fingerprint density at radius 2 is 0.333 bits per heavy atom. The standard InChI is InChI=1S/6CHN.2Fe.Mn/c6*1-2;;;/h6*1H;;;. The minimum Gasteiger partial charge on any atom is -0.202 e. The topological polar surface area (TPSA) is 143 Å². The van der Waals surface area contributed by atoms with Crippen molar-refractivity contribution in [2.45, 2.75) is 0 Å². The first kappa shape index (κ1) is 104. The van der Waals surface area contributed by atoms with Crippen molar-refractivity contribution in [1.82, 2.24) is 0 Å². The molecule has 0 aromatic carbocycles. The second kappa shape index (κ2) is 733. The van der Waals surface area contributed by atoms with E-state index in [9.17, 15) is 0 Å². The second-order valence-corrected chi connectivity index (χ2v) is 0. The van der Waals surface area contributed by atoms with Gasteiger partial charge in [-0.25, -0.2) is 31.6 Å². The Balaban J connectivity index is -0.00000000396. The maximum Gasteiger partial charge on any atom is 0.0462 e. The normalized spacial score (nSPS) is 0.800. The van der Waals surface area contributed by atoms with Gasteiger partial charge in [-0.15, -0.1) is 0 Å². The molecule has 0 saturated heterocycles. The second-order valence-electron chi connectivity index (χ2n) is 0. The molecule has 0 aromatic heterocycles. The summed E-state index contributed by atoms with van der Waals surface area (Å²) in [6.45, 7) is 21.0. The number of hydrogen-bond donors (Lipinski definition) is 0. The van der Waals surface area contributed by atoms with E-state index in [0.29, 0.717) is 0 Å². The molecule has 0 unspecified atom stereocenters. The van der Waals surface area contributed by atoms with Crippen LogP contribution < -0.4 is 0 Å². The van der Waals surface area contributed by atoms with Crippen molar-refractivity contribution in [3.05, 3.63) is 0 Å². The molecule has 0 aliphatic carbocycles. The van der Waals surface area contributed by atoms with Crippen LogP contribution in [0.1, 0.15) is 0 Å². The molecule has 0 heterocycles. The summed E-state index contributed by atoms with van der Waals surface area (Å²) in [4.78, 5) is 0. The summed E-state index contributed by atoms with van der Waals surface area (Å²) >= 11 is 0. The van der Waals surface area contributed by atoms with Gasteiger partial charge in [-0.2, -0.15) is 0 Å². The van der Waals surface area contributed by atoms with Crippen LogP contribution in [-0.2, 0) is 51.2 Å². The molecule has 0 spiro atoms. The zero-order valence-corrected chi connectivity index (χ0v) is 10.6. The fourth-order valence-corrected chi connectivity index (χ4v) is 0. The van der Waals surface area contributed by atoms with E-state index in [-0.39, 0.29) is 51.2 Å². The fourth-order valence-electron chi connectivity index (χ4n) is 0. The predicted molar refractivity (Wildman–Crippen MR) is 40.0 cm³/mol. The Kier molecular flexibility index (Phi) is 5090. The van der Waals surface area contributed by atoms with Crippen LogP contribution in [0.25, 0.3) is 0 Å². The van der Waals surface area contributed by atoms with Crippen LogP contribution in [-0.4, -0.2) is 0 Å². The Morgan fingerprint density at radius 3 is 0.333 bits per heavy atom. The van der Waals surface area contributed by atoms with Crippen LogP contribution in [0, 0.1) is 71.0 Å². The van der Waals surface area contributed by atoms with Gasteiger partial charge in [0.2, 0.25) is 0 Å². The van der Waals surface area contributed by atoms with E-state index in [0.717, 1.165) is 0 Å². The number of rotatable bonds is 0. The van der Waals surface area contributed by atoms with Crippen molar-refractivity contribution in [3.63, 3.8) is 0 Å². The van der Waals surface area contributed by atoms with Gasteiger partial charge in [-0.1, -0.05) is 0 Å². The molecule has 0 atom stereocenters. The third kappa shape index (κ3) is 611. The zero-order chi connectivity index (χ0) is 12.0. The van der Waals surface area contributed by atoms with Crippen molar-refractivity contribution in [3.8, 4) is 39.4 Å². The van der Waals surface area contributed by atoms with Gasteiger partial charge in [0.1, 0.15) is 0 Å². The molecule has 1 radical (unpaired) electrons. The summed E-state index contributed by atoms with van der Waals surface area (Å²) in [5, 5.41) is 39.0. The molecule has 0 N–H and O–H groups in total. The smallest absolute Gasteiger partial charge is 0.0462 e. The first-order chi connectivity index (χ1) is 6.00. The van der Waals surface area contributed by atoms with E-state index in [4.69, 9.17) is 31.6 Å². The van der Waals surface area contributed by atoms with Gasteiger partial charge in [0.15, 0.2) is 0 Å². The van der Waals surface area contributed by atoms with E-state index in [2.05, 4.69) is 39.4 Å². The minimum absolute atomic E-state index is 0. The van der Waals surface area contributed by atoms with Gasteiger partial charge in [0, 0.05) is 90.6 Å². The van der Waals surface area contributed by atoms with E-state index in [1.807, 2.05) is 0 Å². The average Bonchev–Trinajstić information content (AvgIpc) is 2.33. The van der Waals surface area contributed by atoms with Gasteiger partial charge < -0.3 is 0 Å². The summed E-state index contributed by atoms with van der Waals surface area (Å²) in [5.41, 5.74) is 0. The molecule has 0 aliphatic rings. The number of hydrogen-bond acceptors (Lipinski definition) is 6. The van der Waals surface area contributed by atoms with Crippen LogP contribution in [0.2, 0.25) is 0 Å². The van der Waals surface area contributed by atoms with E-state index in [1.165, 1.54) is 0 Å². The SMILES string of the molecule is C#N.C#N.C#N.C#N.C#N.C#N.[Fe].[Fe].[Mn].